The molecule has 0 aliphatic rings. The number of oxime groups is 1. The summed E-state index contributed by atoms with van der Waals surface area (Å²) in [7, 11) is 0. The molecule has 0 fully saturated rings. The highest BCUT2D eigenvalue weighted by atomic mass is 79.9. The van der Waals surface area contributed by atoms with Gasteiger partial charge in [-0.1, -0.05) is 21.1 Å². The van der Waals surface area contributed by atoms with Crippen LogP contribution in [0.2, 0.25) is 0 Å². The first-order valence-electron chi connectivity index (χ1n) is 6.12. The van der Waals surface area contributed by atoms with Gasteiger partial charge in [0, 0.05) is 23.5 Å². The number of hydrogen-bond acceptors (Lipinski definition) is 4. The highest BCUT2D eigenvalue weighted by Gasteiger charge is 2.21. The minimum Gasteiger partial charge on any atom is -0.507 e. The number of benzene rings is 1. The molecule has 0 aromatic heterocycles. The van der Waals surface area contributed by atoms with Crippen molar-refractivity contribution in [2.75, 3.05) is 6.54 Å². The second kappa shape index (κ2) is 7.14. The van der Waals surface area contributed by atoms with Crippen LogP contribution in [0.1, 0.15) is 30.6 Å². The maximum absolute atomic E-state index is 12.5. The molecule has 0 aliphatic carbocycles. The van der Waals surface area contributed by atoms with Gasteiger partial charge in [-0.05, 0) is 32.0 Å². The maximum atomic E-state index is 12.5. The summed E-state index contributed by atoms with van der Waals surface area (Å²) in [5, 5.41) is 21.2. The number of nitrogens with zero attached hydrogens (tertiary/aromatic N) is 2. The van der Waals surface area contributed by atoms with E-state index in [9.17, 15) is 9.90 Å². The summed E-state index contributed by atoms with van der Waals surface area (Å²) in [6.45, 7) is 4.02. The molecule has 0 saturated heterocycles. The quantitative estimate of drug-likeness (QED) is 0.330. The zero-order chi connectivity index (χ0) is 15.3. The van der Waals surface area contributed by atoms with E-state index in [0.29, 0.717) is 11.0 Å². The molecule has 0 atom stereocenters. The molecule has 1 aromatic rings. The first-order valence-corrected chi connectivity index (χ1v) is 6.92. The highest BCUT2D eigenvalue weighted by Crippen LogP contribution is 2.24. The Hall–Kier alpha value is -1.76. The Morgan fingerprint density at radius 3 is 2.70 bits per heavy atom. The van der Waals surface area contributed by atoms with Gasteiger partial charge in [0.05, 0.1) is 5.56 Å². The van der Waals surface area contributed by atoms with Gasteiger partial charge in [0.25, 0.3) is 5.91 Å². The zero-order valence-electron chi connectivity index (χ0n) is 11.4. The van der Waals surface area contributed by atoms with E-state index in [-0.39, 0.29) is 35.5 Å². The molecule has 1 amide bonds. The van der Waals surface area contributed by atoms with E-state index in [0.717, 1.165) is 0 Å². The smallest absolute Gasteiger partial charge is 0.257 e. The van der Waals surface area contributed by atoms with Crippen LogP contribution in [0, 0.1) is 0 Å². The van der Waals surface area contributed by atoms with Gasteiger partial charge in [-0.15, -0.1) is 0 Å². The molecule has 110 valence electrons. The summed E-state index contributed by atoms with van der Waals surface area (Å²) >= 11 is 3.27. The Morgan fingerprint density at radius 2 is 2.15 bits per heavy atom. The predicted molar refractivity (Wildman–Crippen MR) is 80.0 cm³/mol. The molecule has 0 bridgehead atoms. The number of aromatic hydroxyl groups is 1. The van der Waals surface area contributed by atoms with E-state index in [1.54, 1.807) is 17.0 Å². The highest BCUT2D eigenvalue weighted by molar-refractivity contribution is 9.10. The van der Waals surface area contributed by atoms with Crippen LogP contribution in [0.25, 0.3) is 0 Å². The Balaban J connectivity index is 2.97. The van der Waals surface area contributed by atoms with E-state index in [4.69, 9.17) is 10.9 Å². The number of amidine groups is 1. The van der Waals surface area contributed by atoms with Crippen LogP contribution >= 0.6 is 15.9 Å². The number of rotatable bonds is 5. The van der Waals surface area contributed by atoms with Gasteiger partial charge < -0.3 is 20.9 Å². The van der Waals surface area contributed by atoms with Gasteiger partial charge in [0.2, 0.25) is 0 Å². The van der Waals surface area contributed by atoms with Crippen molar-refractivity contribution < 1.29 is 15.1 Å². The first kappa shape index (κ1) is 16.3. The number of carbonyl (C=O) groups excluding carboxylic acids is 1. The van der Waals surface area contributed by atoms with Crippen molar-refractivity contribution in [2.45, 2.75) is 26.3 Å². The van der Waals surface area contributed by atoms with Crippen LogP contribution in [0.3, 0.4) is 0 Å². The normalized spacial score (nSPS) is 11.7. The molecule has 20 heavy (non-hydrogen) atoms. The number of amides is 1. The molecule has 0 spiro atoms. The lowest BCUT2D eigenvalue weighted by atomic mass is 10.1. The van der Waals surface area contributed by atoms with E-state index in [1.165, 1.54) is 6.07 Å². The molecular weight excluding hydrogens is 326 g/mol. The van der Waals surface area contributed by atoms with Gasteiger partial charge in [-0.2, -0.15) is 0 Å². The van der Waals surface area contributed by atoms with Gasteiger partial charge in [0.1, 0.15) is 11.6 Å². The summed E-state index contributed by atoms with van der Waals surface area (Å²) < 4.78 is 0.707. The van der Waals surface area contributed by atoms with Crippen LogP contribution in [-0.2, 0) is 0 Å². The van der Waals surface area contributed by atoms with Crippen LogP contribution < -0.4 is 5.73 Å². The van der Waals surface area contributed by atoms with Crippen molar-refractivity contribution in [3.05, 3.63) is 28.2 Å². The molecule has 4 N–H and O–H groups in total. The van der Waals surface area contributed by atoms with E-state index in [1.807, 2.05) is 13.8 Å². The third kappa shape index (κ3) is 4.12. The van der Waals surface area contributed by atoms with Gasteiger partial charge in [0.15, 0.2) is 0 Å². The van der Waals surface area contributed by atoms with Crippen LogP contribution in [0.15, 0.2) is 27.8 Å². The second-order valence-corrected chi connectivity index (χ2v) is 5.51. The molecule has 0 heterocycles. The van der Waals surface area contributed by atoms with Gasteiger partial charge in [-0.25, -0.2) is 0 Å². The van der Waals surface area contributed by atoms with Crippen LogP contribution in [0.5, 0.6) is 5.75 Å². The van der Waals surface area contributed by atoms with Crippen molar-refractivity contribution in [2.24, 2.45) is 10.9 Å². The molecule has 6 nitrogen and oxygen atoms in total. The van der Waals surface area contributed by atoms with E-state index < -0.39 is 0 Å². The van der Waals surface area contributed by atoms with E-state index >= 15 is 0 Å². The van der Waals surface area contributed by atoms with Crippen molar-refractivity contribution in [1.82, 2.24) is 4.90 Å². The fraction of sp³-hybridized carbons (Fsp3) is 0.385. The fourth-order valence-corrected chi connectivity index (χ4v) is 2.07. The summed E-state index contributed by atoms with van der Waals surface area (Å²) in [4.78, 5) is 14.0. The number of hydrogen-bond donors (Lipinski definition) is 3. The third-order valence-corrected chi connectivity index (χ3v) is 3.30. The third-order valence-electron chi connectivity index (χ3n) is 2.81. The summed E-state index contributed by atoms with van der Waals surface area (Å²) in [6.07, 6.45) is 0.259. The predicted octanol–water partition coefficient (Wildman–Crippen LogP) is 2.14. The number of halogens is 1. The minimum absolute atomic E-state index is 0.0573. The molecule has 0 unspecified atom stereocenters. The Bertz CT molecular complexity index is 518. The topological polar surface area (TPSA) is 99.1 Å². The van der Waals surface area contributed by atoms with Crippen molar-refractivity contribution in [3.8, 4) is 5.75 Å². The lowest BCUT2D eigenvalue weighted by Crippen LogP contribution is -2.39. The Labute approximate surface area is 126 Å². The SMILES string of the molecule is CC(C)N(CC/C(N)=N/O)C(=O)c1cc(Br)ccc1O. The monoisotopic (exact) mass is 343 g/mol. The number of nitrogens with two attached hydrogens (primary N) is 1. The van der Waals surface area contributed by atoms with Gasteiger partial charge >= 0.3 is 0 Å². The maximum Gasteiger partial charge on any atom is 0.257 e. The average Bonchev–Trinajstić information content (AvgIpc) is 2.40. The molecular formula is C13H18BrN3O3. The zero-order valence-corrected chi connectivity index (χ0v) is 13.0. The molecule has 0 radical (unpaired) electrons. The van der Waals surface area contributed by atoms with Crippen molar-refractivity contribution in [3.63, 3.8) is 0 Å². The molecule has 0 saturated carbocycles. The summed E-state index contributed by atoms with van der Waals surface area (Å²) in [6, 6.07) is 4.60. The number of carbonyl (C=O) groups is 1. The van der Waals surface area contributed by atoms with Gasteiger partial charge in [-0.3, -0.25) is 4.79 Å². The molecule has 0 aliphatic heterocycles. The molecule has 1 rings (SSSR count). The molecule has 1 aromatic carbocycles. The summed E-state index contributed by atoms with van der Waals surface area (Å²) in [5.74, 6) is -0.320. The lowest BCUT2D eigenvalue weighted by Gasteiger charge is -2.27. The van der Waals surface area contributed by atoms with Crippen LogP contribution in [0.4, 0.5) is 0 Å². The van der Waals surface area contributed by atoms with Crippen LogP contribution in [-0.4, -0.2) is 39.5 Å². The minimum atomic E-state index is -0.301. The fourth-order valence-electron chi connectivity index (χ4n) is 1.71. The van der Waals surface area contributed by atoms with Crippen molar-refractivity contribution >= 4 is 27.7 Å². The Morgan fingerprint density at radius 1 is 1.50 bits per heavy atom. The average molecular weight is 344 g/mol. The summed E-state index contributed by atoms with van der Waals surface area (Å²) in [5.41, 5.74) is 5.63. The lowest BCUT2D eigenvalue weighted by molar-refractivity contribution is 0.0708. The standard InChI is InChI=1S/C13H18BrN3O3/c1-8(2)17(6-5-12(15)16-20)13(19)10-7-9(14)3-4-11(10)18/h3-4,7-8,18,20H,5-6H2,1-2H3,(H2,15,16). The largest absolute Gasteiger partial charge is 0.507 e. The number of phenols is 1. The van der Waals surface area contributed by atoms with E-state index in [2.05, 4.69) is 21.1 Å². The molecule has 7 heteroatoms. The number of phenolic OH excluding ortho intramolecular Hbond substituents is 1. The first-order chi connectivity index (χ1) is 9.36. The van der Waals surface area contributed by atoms with Crippen molar-refractivity contribution in [1.29, 1.82) is 0 Å². The second-order valence-electron chi connectivity index (χ2n) is 4.60. The Kier molecular flexibility index (Phi) is 5.82.